The summed E-state index contributed by atoms with van der Waals surface area (Å²) in [5.74, 6) is 0.722. The van der Waals surface area contributed by atoms with Gasteiger partial charge in [0.1, 0.15) is 0 Å². The lowest BCUT2D eigenvalue weighted by molar-refractivity contribution is 0.534. The number of nitrogens with zero attached hydrogens (tertiary/aromatic N) is 2. The van der Waals surface area contributed by atoms with E-state index in [4.69, 9.17) is 0 Å². The smallest absolute Gasteiger partial charge is 0.0521 e. The lowest BCUT2D eigenvalue weighted by Crippen LogP contribution is -2.07. The summed E-state index contributed by atoms with van der Waals surface area (Å²) >= 11 is 3.60. The quantitative estimate of drug-likeness (QED) is 0.746. The minimum Gasteiger partial charge on any atom is -0.276 e. The van der Waals surface area contributed by atoms with Gasteiger partial charge in [0, 0.05) is 18.1 Å². The Morgan fingerprint density at radius 3 is 2.69 bits per heavy atom. The zero-order valence-corrected chi connectivity index (χ0v) is 10.1. The van der Waals surface area contributed by atoms with Crippen LogP contribution in [0.1, 0.15) is 25.8 Å². The molecule has 2 atom stereocenters. The predicted molar refractivity (Wildman–Crippen MR) is 59.1 cm³/mol. The maximum atomic E-state index is 4.14. The van der Waals surface area contributed by atoms with Crippen LogP contribution in [0, 0.1) is 5.92 Å². The standard InChI is InChI=1S/C10H17BrN2/c1-8(9(2)11)4-5-10-6-12-13(3)7-10/h6-9H,4-5H2,1-3H3. The van der Waals surface area contributed by atoms with E-state index in [1.165, 1.54) is 12.0 Å². The van der Waals surface area contributed by atoms with Crippen molar-refractivity contribution in [1.29, 1.82) is 0 Å². The SMILES string of the molecule is CC(Br)C(C)CCc1cnn(C)c1. The van der Waals surface area contributed by atoms with E-state index < -0.39 is 0 Å². The fourth-order valence-electron chi connectivity index (χ4n) is 1.22. The molecule has 0 fully saturated rings. The van der Waals surface area contributed by atoms with E-state index in [1.54, 1.807) is 0 Å². The van der Waals surface area contributed by atoms with Crippen LogP contribution in [0.25, 0.3) is 0 Å². The first-order valence-corrected chi connectivity index (χ1v) is 5.62. The molecule has 1 aromatic rings. The fraction of sp³-hybridized carbons (Fsp3) is 0.700. The zero-order chi connectivity index (χ0) is 9.84. The Bertz CT molecular complexity index is 255. The van der Waals surface area contributed by atoms with Crippen LogP contribution >= 0.6 is 15.9 Å². The fourth-order valence-corrected chi connectivity index (χ4v) is 1.49. The molecule has 0 radical (unpaired) electrons. The molecule has 0 saturated heterocycles. The maximum Gasteiger partial charge on any atom is 0.0521 e. The van der Waals surface area contributed by atoms with Gasteiger partial charge in [0.25, 0.3) is 0 Å². The molecule has 2 unspecified atom stereocenters. The minimum absolute atomic E-state index is 0.601. The van der Waals surface area contributed by atoms with Gasteiger partial charge in [0.15, 0.2) is 0 Å². The molecule has 3 heteroatoms. The highest BCUT2D eigenvalue weighted by molar-refractivity contribution is 9.09. The molecule has 0 aliphatic rings. The lowest BCUT2D eigenvalue weighted by Gasteiger charge is -2.12. The third kappa shape index (κ3) is 3.51. The van der Waals surface area contributed by atoms with Gasteiger partial charge >= 0.3 is 0 Å². The van der Waals surface area contributed by atoms with E-state index >= 15 is 0 Å². The van der Waals surface area contributed by atoms with Crippen LogP contribution < -0.4 is 0 Å². The van der Waals surface area contributed by atoms with Crippen molar-refractivity contribution in [3.63, 3.8) is 0 Å². The molecule has 0 N–H and O–H groups in total. The normalized spacial score (nSPS) is 15.7. The van der Waals surface area contributed by atoms with Crippen molar-refractivity contribution in [3.05, 3.63) is 18.0 Å². The maximum absolute atomic E-state index is 4.14. The highest BCUT2D eigenvalue weighted by Gasteiger charge is 2.08. The molecule has 0 spiro atoms. The summed E-state index contributed by atoms with van der Waals surface area (Å²) in [6, 6.07) is 0. The Labute approximate surface area is 88.5 Å². The number of aromatic nitrogens is 2. The van der Waals surface area contributed by atoms with Crippen LogP contribution in [0.5, 0.6) is 0 Å². The predicted octanol–water partition coefficient (Wildman–Crippen LogP) is 2.77. The van der Waals surface area contributed by atoms with Gasteiger partial charge in [0.05, 0.1) is 6.20 Å². The average molecular weight is 245 g/mol. The van der Waals surface area contributed by atoms with Crippen molar-refractivity contribution in [3.8, 4) is 0 Å². The van der Waals surface area contributed by atoms with Crippen LogP contribution in [-0.2, 0) is 13.5 Å². The summed E-state index contributed by atoms with van der Waals surface area (Å²) in [7, 11) is 1.96. The summed E-state index contributed by atoms with van der Waals surface area (Å²) in [6.45, 7) is 4.48. The minimum atomic E-state index is 0.601. The number of rotatable bonds is 4. The monoisotopic (exact) mass is 244 g/mol. The molecule has 13 heavy (non-hydrogen) atoms. The van der Waals surface area contributed by atoms with Crippen molar-refractivity contribution in [1.82, 2.24) is 9.78 Å². The Hall–Kier alpha value is -0.310. The lowest BCUT2D eigenvalue weighted by atomic mass is 10.0. The Morgan fingerprint density at radius 1 is 1.54 bits per heavy atom. The summed E-state index contributed by atoms with van der Waals surface area (Å²) in [6.07, 6.45) is 6.39. The summed E-state index contributed by atoms with van der Waals surface area (Å²) in [5.41, 5.74) is 1.34. The van der Waals surface area contributed by atoms with Crippen LogP contribution in [0.3, 0.4) is 0 Å². The Balaban J connectivity index is 2.35. The number of alkyl halides is 1. The molecule has 0 amide bonds. The van der Waals surface area contributed by atoms with Crippen molar-refractivity contribution < 1.29 is 0 Å². The molecular weight excluding hydrogens is 228 g/mol. The molecule has 2 nitrogen and oxygen atoms in total. The third-order valence-electron chi connectivity index (χ3n) is 2.43. The van der Waals surface area contributed by atoms with Gasteiger partial charge in [-0.05, 0) is 24.3 Å². The van der Waals surface area contributed by atoms with Crippen LogP contribution in [0.15, 0.2) is 12.4 Å². The molecular formula is C10H17BrN2. The van der Waals surface area contributed by atoms with Crippen LogP contribution in [-0.4, -0.2) is 14.6 Å². The molecule has 0 saturated carbocycles. The molecule has 1 rings (SSSR count). The summed E-state index contributed by atoms with van der Waals surface area (Å²) < 4.78 is 1.86. The Kier molecular flexibility index (Phi) is 3.97. The van der Waals surface area contributed by atoms with Gasteiger partial charge in [-0.3, -0.25) is 4.68 Å². The number of halogens is 1. The Morgan fingerprint density at radius 2 is 2.23 bits per heavy atom. The van der Waals surface area contributed by atoms with Gasteiger partial charge in [-0.1, -0.05) is 29.8 Å². The largest absolute Gasteiger partial charge is 0.276 e. The second-order valence-corrected chi connectivity index (χ2v) is 5.16. The van der Waals surface area contributed by atoms with E-state index in [1.807, 2.05) is 17.9 Å². The first-order valence-electron chi connectivity index (χ1n) is 4.71. The molecule has 1 aromatic heterocycles. The second-order valence-electron chi connectivity index (χ2n) is 3.72. The van der Waals surface area contributed by atoms with E-state index in [9.17, 15) is 0 Å². The van der Waals surface area contributed by atoms with Gasteiger partial charge < -0.3 is 0 Å². The number of aryl methyl sites for hydroxylation is 2. The van der Waals surface area contributed by atoms with E-state index in [2.05, 4.69) is 41.1 Å². The highest BCUT2D eigenvalue weighted by Crippen LogP contribution is 2.17. The van der Waals surface area contributed by atoms with Gasteiger partial charge in [0.2, 0.25) is 0 Å². The average Bonchev–Trinajstić information content (AvgIpc) is 2.47. The summed E-state index contributed by atoms with van der Waals surface area (Å²) in [4.78, 5) is 0.601. The second kappa shape index (κ2) is 4.80. The van der Waals surface area contributed by atoms with Gasteiger partial charge in [-0.25, -0.2) is 0 Å². The third-order valence-corrected chi connectivity index (χ3v) is 3.33. The van der Waals surface area contributed by atoms with E-state index in [0.717, 1.165) is 12.3 Å². The molecule has 0 aliphatic carbocycles. The highest BCUT2D eigenvalue weighted by atomic mass is 79.9. The number of hydrogen-bond donors (Lipinski definition) is 0. The molecule has 0 aliphatic heterocycles. The van der Waals surface area contributed by atoms with E-state index in [0.29, 0.717) is 4.83 Å². The summed E-state index contributed by atoms with van der Waals surface area (Å²) in [5, 5.41) is 4.14. The topological polar surface area (TPSA) is 17.8 Å². The van der Waals surface area contributed by atoms with Crippen molar-refractivity contribution in [2.75, 3.05) is 0 Å². The van der Waals surface area contributed by atoms with Gasteiger partial charge in [-0.15, -0.1) is 0 Å². The van der Waals surface area contributed by atoms with Crippen LogP contribution in [0.4, 0.5) is 0 Å². The van der Waals surface area contributed by atoms with Gasteiger partial charge in [-0.2, -0.15) is 5.10 Å². The van der Waals surface area contributed by atoms with Crippen molar-refractivity contribution >= 4 is 15.9 Å². The van der Waals surface area contributed by atoms with E-state index in [-0.39, 0.29) is 0 Å². The first-order chi connectivity index (χ1) is 6.09. The molecule has 0 bridgehead atoms. The van der Waals surface area contributed by atoms with Crippen molar-refractivity contribution in [2.24, 2.45) is 13.0 Å². The molecule has 1 heterocycles. The molecule has 0 aromatic carbocycles. The zero-order valence-electron chi connectivity index (χ0n) is 8.50. The van der Waals surface area contributed by atoms with Crippen molar-refractivity contribution in [2.45, 2.75) is 31.5 Å². The number of hydrogen-bond acceptors (Lipinski definition) is 1. The first kappa shape index (κ1) is 10.8. The molecule has 74 valence electrons. The van der Waals surface area contributed by atoms with Crippen LogP contribution in [0.2, 0.25) is 0 Å².